The fourth-order valence-electron chi connectivity index (χ4n) is 3.59. The highest BCUT2D eigenvalue weighted by atomic mass is 35.5. The fourth-order valence-corrected chi connectivity index (χ4v) is 3.79. The average Bonchev–Trinajstić information content (AvgIpc) is 2.85. The van der Waals surface area contributed by atoms with Crippen LogP contribution in [0.3, 0.4) is 0 Å². The summed E-state index contributed by atoms with van der Waals surface area (Å²) in [7, 11) is 0. The maximum atomic E-state index is 13.5. The number of rotatable bonds is 11. The number of ether oxygens (including phenoxy) is 1. The van der Waals surface area contributed by atoms with Crippen LogP contribution in [0, 0.1) is 6.92 Å². The summed E-state index contributed by atoms with van der Waals surface area (Å²) in [5.41, 5.74) is 2.85. The number of hydrogen-bond acceptors (Lipinski definition) is 3. The normalized spacial score (nSPS) is 11.5. The van der Waals surface area contributed by atoms with Crippen molar-refractivity contribution in [3.63, 3.8) is 0 Å². The molecule has 0 saturated carbocycles. The van der Waals surface area contributed by atoms with E-state index in [2.05, 4.69) is 5.32 Å². The minimum absolute atomic E-state index is 0.181. The molecule has 0 unspecified atom stereocenters. The topological polar surface area (TPSA) is 58.6 Å². The molecule has 3 rings (SSSR count). The monoisotopic (exact) mass is 478 g/mol. The minimum atomic E-state index is -0.709. The molecule has 178 valence electrons. The average molecular weight is 479 g/mol. The first kappa shape index (κ1) is 25.3. The molecule has 0 aliphatic carbocycles. The van der Waals surface area contributed by atoms with E-state index in [0.29, 0.717) is 23.7 Å². The predicted octanol–water partition coefficient (Wildman–Crippen LogP) is 5.19. The van der Waals surface area contributed by atoms with Crippen LogP contribution in [0.1, 0.15) is 30.0 Å². The third-order valence-corrected chi connectivity index (χ3v) is 5.87. The first-order valence-corrected chi connectivity index (χ1v) is 11.9. The van der Waals surface area contributed by atoms with Crippen molar-refractivity contribution in [3.8, 4) is 5.75 Å². The maximum Gasteiger partial charge on any atom is 0.261 e. The predicted molar refractivity (Wildman–Crippen MR) is 136 cm³/mol. The first-order chi connectivity index (χ1) is 16.5. The Labute approximate surface area is 206 Å². The summed E-state index contributed by atoms with van der Waals surface area (Å²) in [4.78, 5) is 28.3. The van der Waals surface area contributed by atoms with Gasteiger partial charge in [-0.2, -0.15) is 0 Å². The summed E-state index contributed by atoms with van der Waals surface area (Å²) in [6, 6.07) is 23.9. The SMILES string of the molecule is CCCNC(=O)[C@@H](Cc1ccccc1)N(Cc1ccccc1Cl)C(=O)COc1ccc(C)cc1. The molecule has 34 heavy (non-hydrogen) atoms. The highest BCUT2D eigenvalue weighted by Crippen LogP contribution is 2.21. The van der Waals surface area contributed by atoms with E-state index in [4.69, 9.17) is 16.3 Å². The van der Waals surface area contributed by atoms with Gasteiger partial charge in [-0.3, -0.25) is 9.59 Å². The summed E-state index contributed by atoms with van der Waals surface area (Å²) in [6.45, 7) is 4.54. The summed E-state index contributed by atoms with van der Waals surface area (Å²) < 4.78 is 5.78. The largest absolute Gasteiger partial charge is 0.484 e. The number of nitrogens with one attached hydrogen (secondary N) is 1. The van der Waals surface area contributed by atoms with Crippen LogP contribution < -0.4 is 10.1 Å². The lowest BCUT2D eigenvalue weighted by Gasteiger charge is -2.31. The number of aryl methyl sites for hydroxylation is 1. The molecule has 5 nitrogen and oxygen atoms in total. The molecule has 0 aliphatic heterocycles. The second-order valence-electron chi connectivity index (χ2n) is 8.21. The number of hydrogen-bond donors (Lipinski definition) is 1. The molecular formula is C28H31ClN2O3. The minimum Gasteiger partial charge on any atom is -0.484 e. The van der Waals surface area contributed by atoms with E-state index in [1.54, 1.807) is 11.0 Å². The van der Waals surface area contributed by atoms with Crippen LogP contribution >= 0.6 is 11.6 Å². The van der Waals surface area contributed by atoms with Crippen LogP contribution in [0.25, 0.3) is 0 Å². The number of carbonyl (C=O) groups is 2. The van der Waals surface area contributed by atoms with E-state index in [-0.39, 0.29) is 25.0 Å². The Morgan fingerprint density at radius 2 is 1.65 bits per heavy atom. The Hall–Kier alpha value is -3.31. The van der Waals surface area contributed by atoms with Crippen LogP contribution in [-0.4, -0.2) is 35.9 Å². The van der Waals surface area contributed by atoms with E-state index in [9.17, 15) is 9.59 Å². The van der Waals surface area contributed by atoms with E-state index in [1.165, 1.54) is 0 Å². The van der Waals surface area contributed by atoms with E-state index >= 15 is 0 Å². The Bertz CT molecular complexity index is 1070. The third-order valence-electron chi connectivity index (χ3n) is 5.50. The summed E-state index contributed by atoms with van der Waals surface area (Å²) in [5, 5.41) is 3.51. The molecule has 0 aliphatic rings. The first-order valence-electron chi connectivity index (χ1n) is 11.5. The van der Waals surface area contributed by atoms with Crippen molar-refractivity contribution in [1.29, 1.82) is 0 Å². The molecule has 0 spiro atoms. The quantitative estimate of drug-likeness (QED) is 0.412. The molecule has 2 amide bonds. The molecule has 0 saturated heterocycles. The second kappa shape index (κ2) is 12.8. The van der Waals surface area contributed by atoms with E-state index in [1.807, 2.05) is 86.6 Å². The van der Waals surface area contributed by atoms with Gasteiger partial charge < -0.3 is 15.0 Å². The molecule has 3 aromatic rings. The summed E-state index contributed by atoms with van der Waals surface area (Å²) >= 11 is 6.42. The molecule has 0 fully saturated rings. The standard InChI is InChI=1S/C28H31ClN2O3/c1-3-17-30-28(33)26(18-22-9-5-4-6-10-22)31(19-23-11-7-8-12-25(23)29)27(32)20-34-24-15-13-21(2)14-16-24/h4-16,26H,3,17-20H2,1-2H3,(H,30,33)/t26-/m1/s1. The van der Waals surface area contributed by atoms with Crippen LogP contribution in [0.2, 0.25) is 5.02 Å². The van der Waals surface area contributed by atoms with E-state index in [0.717, 1.165) is 23.1 Å². The molecule has 0 radical (unpaired) electrons. The van der Waals surface area contributed by atoms with Gasteiger partial charge in [-0.15, -0.1) is 0 Å². The Kier molecular flexibility index (Phi) is 9.53. The van der Waals surface area contributed by atoms with Crippen LogP contribution in [-0.2, 0) is 22.6 Å². The number of benzene rings is 3. The van der Waals surface area contributed by atoms with Gasteiger partial charge in [0.15, 0.2) is 6.61 Å². The molecular weight excluding hydrogens is 448 g/mol. The maximum absolute atomic E-state index is 13.5. The van der Waals surface area contributed by atoms with Crippen LogP contribution in [0.4, 0.5) is 0 Å². The van der Waals surface area contributed by atoms with Crippen molar-refractivity contribution in [2.24, 2.45) is 0 Å². The number of nitrogens with zero attached hydrogens (tertiary/aromatic N) is 1. The van der Waals surface area contributed by atoms with Crippen molar-refractivity contribution in [2.75, 3.05) is 13.2 Å². The van der Waals surface area contributed by atoms with Gasteiger partial charge in [0, 0.05) is 24.5 Å². The molecule has 3 aromatic carbocycles. The van der Waals surface area contributed by atoms with Gasteiger partial charge in [0.1, 0.15) is 11.8 Å². The van der Waals surface area contributed by atoms with Crippen molar-refractivity contribution >= 4 is 23.4 Å². The zero-order chi connectivity index (χ0) is 24.3. The van der Waals surface area contributed by atoms with Gasteiger partial charge in [-0.1, -0.05) is 84.8 Å². The van der Waals surface area contributed by atoms with Crippen molar-refractivity contribution in [3.05, 3.63) is 101 Å². The lowest BCUT2D eigenvalue weighted by Crippen LogP contribution is -2.51. The fraction of sp³-hybridized carbons (Fsp3) is 0.286. The highest BCUT2D eigenvalue weighted by Gasteiger charge is 2.31. The number of amides is 2. The Morgan fingerprint density at radius 3 is 2.32 bits per heavy atom. The number of carbonyl (C=O) groups excluding carboxylic acids is 2. The van der Waals surface area contributed by atoms with Crippen molar-refractivity contribution in [1.82, 2.24) is 10.2 Å². The third kappa shape index (κ3) is 7.35. The second-order valence-corrected chi connectivity index (χ2v) is 8.62. The smallest absolute Gasteiger partial charge is 0.261 e. The van der Waals surface area contributed by atoms with Crippen molar-refractivity contribution in [2.45, 2.75) is 39.3 Å². The van der Waals surface area contributed by atoms with Gasteiger partial charge in [0.25, 0.3) is 5.91 Å². The zero-order valence-electron chi connectivity index (χ0n) is 19.7. The van der Waals surface area contributed by atoms with Gasteiger partial charge in [-0.25, -0.2) is 0 Å². The van der Waals surface area contributed by atoms with Gasteiger partial charge in [-0.05, 0) is 42.7 Å². The molecule has 1 N–H and O–H groups in total. The highest BCUT2D eigenvalue weighted by molar-refractivity contribution is 6.31. The Morgan fingerprint density at radius 1 is 0.971 bits per heavy atom. The van der Waals surface area contributed by atoms with Gasteiger partial charge in [0.2, 0.25) is 5.91 Å². The van der Waals surface area contributed by atoms with E-state index < -0.39 is 6.04 Å². The summed E-state index contributed by atoms with van der Waals surface area (Å²) in [5.74, 6) is 0.126. The summed E-state index contributed by atoms with van der Waals surface area (Å²) in [6.07, 6.45) is 1.19. The molecule has 1 atom stereocenters. The zero-order valence-corrected chi connectivity index (χ0v) is 20.4. The molecule has 0 bridgehead atoms. The van der Waals surface area contributed by atoms with Crippen LogP contribution in [0.15, 0.2) is 78.9 Å². The molecule has 0 heterocycles. The number of halogens is 1. The molecule has 0 aromatic heterocycles. The van der Waals surface area contributed by atoms with Gasteiger partial charge in [0.05, 0.1) is 0 Å². The van der Waals surface area contributed by atoms with Gasteiger partial charge >= 0.3 is 0 Å². The van der Waals surface area contributed by atoms with Crippen molar-refractivity contribution < 1.29 is 14.3 Å². The molecule has 6 heteroatoms. The Balaban J connectivity index is 1.89. The lowest BCUT2D eigenvalue weighted by molar-refractivity contribution is -0.142. The lowest BCUT2D eigenvalue weighted by atomic mass is 10.0. The van der Waals surface area contributed by atoms with Crippen LogP contribution in [0.5, 0.6) is 5.75 Å².